The summed E-state index contributed by atoms with van der Waals surface area (Å²) in [6.07, 6.45) is 0.527. The molecule has 0 aliphatic carbocycles. The van der Waals surface area contributed by atoms with E-state index in [1.165, 1.54) is 15.6 Å². The van der Waals surface area contributed by atoms with Crippen molar-refractivity contribution >= 4 is 17.7 Å². The Morgan fingerprint density at radius 3 is 2.41 bits per heavy atom. The summed E-state index contributed by atoms with van der Waals surface area (Å²) >= 11 is 0. The van der Waals surface area contributed by atoms with Gasteiger partial charge in [0.2, 0.25) is 0 Å². The van der Waals surface area contributed by atoms with Crippen molar-refractivity contribution in [3.8, 4) is 5.69 Å². The number of hydrogen-bond acceptors (Lipinski definition) is 4. The Bertz CT molecular complexity index is 1320. The number of H-pyrrole nitrogens is 1. The zero-order valence-corrected chi connectivity index (χ0v) is 17.8. The van der Waals surface area contributed by atoms with Crippen LogP contribution < -0.4 is 5.56 Å². The van der Waals surface area contributed by atoms with Gasteiger partial charge in [-0.15, -0.1) is 0 Å². The number of nitrogens with zero attached hydrogens (tertiary/aromatic N) is 3. The maximum absolute atomic E-state index is 13.2. The highest BCUT2D eigenvalue weighted by atomic mass is 16.2. The lowest BCUT2D eigenvalue weighted by molar-refractivity contribution is 0.0608. The SMILES string of the molecule is CC(C)N1C(=O)c2ccc(C(=O)N3CCc4[nH]n(-c5ccccc5)c(=O)c4C3)cc2C1=O. The molecule has 0 saturated carbocycles. The minimum Gasteiger partial charge on any atom is -0.334 e. The topological polar surface area (TPSA) is 95.5 Å². The highest BCUT2D eigenvalue weighted by Crippen LogP contribution is 2.27. The van der Waals surface area contributed by atoms with Crippen LogP contribution in [0.5, 0.6) is 0 Å². The van der Waals surface area contributed by atoms with Crippen LogP contribution in [0.4, 0.5) is 0 Å². The van der Waals surface area contributed by atoms with E-state index in [0.717, 1.165) is 11.4 Å². The van der Waals surface area contributed by atoms with Crippen molar-refractivity contribution in [3.05, 3.63) is 86.8 Å². The molecule has 8 nitrogen and oxygen atoms in total. The molecule has 8 heteroatoms. The van der Waals surface area contributed by atoms with Gasteiger partial charge in [0, 0.05) is 30.3 Å². The Labute approximate surface area is 184 Å². The quantitative estimate of drug-likeness (QED) is 0.646. The smallest absolute Gasteiger partial charge is 0.276 e. The summed E-state index contributed by atoms with van der Waals surface area (Å²) in [5, 5.41) is 3.16. The van der Waals surface area contributed by atoms with Gasteiger partial charge in [-0.1, -0.05) is 18.2 Å². The lowest BCUT2D eigenvalue weighted by atomic mass is 10.0. The minimum atomic E-state index is -0.382. The molecule has 0 bridgehead atoms. The molecule has 3 amide bonds. The summed E-state index contributed by atoms with van der Waals surface area (Å²) in [4.78, 5) is 54.1. The largest absolute Gasteiger partial charge is 0.334 e. The molecular weight excluding hydrogens is 408 g/mol. The van der Waals surface area contributed by atoms with Crippen LogP contribution in [0.2, 0.25) is 0 Å². The van der Waals surface area contributed by atoms with Gasteiger partial charge in [0.15, 0.2) is 0 Å². The second-order valence-electron chi connectivity index (χ2n) is 8.36. The van der Waals surface area contributed by atoms with Gasteiger partial charge in [0.25, 0.3) is 23.3 Å². The van der Waals surface area contributed by atoms with Gasteiger partial charge in [-0.25, -0.2) is 4.68 Å². The number of para-hydroxylation sites is 1. The normalized spacial score (nSPS) is 15.3. The van der Waals surface area contributed by atoms with Gasteiger partial charge in [0.1, 0.15) is 0 Å². The third kappa shape index (κ3) is 2.98. The molecule has 2 aromatic carbocycles. The van der Waals surface area contributed by atoms with Crippen LogP contribution >= 0.6 is 0 Å². The van der Waals surface area contributed by atoms with Gasteiger partial charge in [-0.2, -0.15) is 0 Å². The molecule has 2 aliphatic rings. The van der Waals surface area contributed by atoms with Gasteiger partial charge < -0.3 is 4.90 Å². The number of carbonyl (C=O) groups excluding carboxylic acids is 3. The van der Waals surface area contributed by atoms with E-state index in [9.17, 15) is 19.2 Å². The number of imide groups is 1. The van der Waals surface area contributed by atoms with Crippen molar-refractivity contribution in [2.45, 2.75) is 32.9 Å². The molecule has 32 heavy (non-hydrogen) atoms. The fourth-order valence-electron chi connectivity index (χ4n) is 4.38. The van der Waals surface area contributed by atoms with Crippen LogP contribution in [-0.4, -0.2) is 49.9 Å². The van der Waals surface area contributed by atoms with E-state index in [0.29, 0.717) is 29.7 Å². The number of aromatic nitrogens is 2. The molecule has 0 atom stereocenters. The molecule has 2 aliphatic heterocycles. The number of carbonyl (C=O) groups is 3. The molecule has 162 valence electrons. The number of aromatic amines is 1. The maximum atomic E-state index is 13.2. The summed E-state index contributed by atoms with van der Waals surface area (Å²) in [5.41, 5.74) is 2.85. The van der Waals surface area contributed by atoms with Gasteiger partial charge in [0.05, 0.1) is 28.9 Å². The van der Waals surface area contributed by atoms with E-state index < -0.39 is 0 Å². The van der Waals surface area contributed by atoms with Gasteiger partial charge in [-0.05, 0) is 44.2 Å². The number of fused-ring (bicyclic) bond motifs is 2. The van der Waals surface area contributed by atoms with Gasteiger partial charge in [-0.3, -0.25) is 29.2 Å². The predicted molar refractivity (Wildman–Crippen MR) is 117 cm³/mol. The third-order valence-electron chi connectivity index (χ3n) is 6.04. The van der Waals surface area contributed by atoms with E-state index >= 15 is 0 Å². The van der Waals surface area contributed by atoms with Crippen LogP contribution in [0.1, 0.15) is 56.2 Å². The Morgan fingerprint density at radius 2 is 1.69 bits per heavy atom. The summed E-state index contributed by atoms with van der Waals surface area (Å²) < 4.78 is 1.50. The van der Waals surface area contributed by atoms with E-state index in [-0.39, 0.29) is 41.4 Å². The van der Waals surface area contributed by atoms with E-state index in [2.05, 4.69) is 5.10 Å². The second-order valence-corrected chi connectivity index (χ2v) is 8.36. The lowest BCUT2D eigenvalue weighted by Gasteiger charge is -2.26. The lowest BCUT2D eigenvalue weighted by Crippen LogP contribution is -2.37. The predicted octanol–water partition coefficient (Wildman–Crippen LogP) is 2.37. The second kappa shape index (κ2) is 7.33. The zero-order valence-electron chi connectivity index (χ0n) is 17.8. The number of hydrogen-bond donors (Lipinski definition) is 1. The Hall–Kier alpha value is -3.94. The van der Waals surface area contributed by atoms with Crippen molar-refractivity contribution in [1.29, 1.82) is 0 Å². The fraction of sp³-hybridized carbons (Fsp3) is 0.250. The van der Waals surface area contributed by atoms with Crippen molar-refractivity contribution in [2.75, 3.05) is 6.54 Å². The molecule has 0 radical (unpaired) electrons. The molecule has 3 aromatic rings. The summed E-state index contributed by atoms with van der Waals surface area (Å²) in [5.74, 6) is -0.990. The highest BCUT2D eigenvalue weighted by Gasteiger charge is 2.38. The highest BCUT2D eigenvalue weighted by molar-refractivity contribution is 6.22. The number of amides is 3. The van der Waals surface area contributed by atoms with Crippen LogP contribution in [0.25, 0.3) is 5.69 Å². The summed E-state index contributed by atoms with van der Waals surface area (Å²) in [6, 6.07) is 13.6. The number of nitrogens with one attached hydrogen (secondary N) is 1. The molecule has 3 heterocycles. The van der Waals surface area contributed by atoms with Crippen molar-refractivity contribution in [3.63, 3.8) is 0 Å². The van der Waals surface area contributed by atoms with E-state index in [1.807, 2.05) is 30.3 Å². The molecule has 1 aromatic heterocycles. The molecule has 0 saturated heterocycles. The first kappa shape index (κ1) is 20.0. The number of benzene rings is 2. The Balaban J connectivity index is 1.43. The maximum Gasteiger partial charge on any atom is 0.276 e. The monoisotopic (exact) mass is 430 g/mol. The molecule has 0 spiro atoms. The van der Waals surface area contributed by atoms with Crippen LogP contribution in [0.3, 0.4) is 0 Å². The summed E-state index contributed by atoms with van der Waals surface area (Å²) in [6.45, 7) is 4.18. The van der Waals surface area contributed by atoms with Crippen molar-refractivity contribution < 1.29 is 14.4 Å². The van der Waals surface area contributed by atoms with Crippen molar-refractivity contribution in [1.82, 2.24) is 19.6 Å². The average Bonchev–Trinajstić information content (AvgIpc) is 3.27. The minimum absolute atomic E-state index is 0.175. The third-order valence-corrected chi connectivity index (χ3v) is 6.04. The molecule has 5 rings (SSSR count). The molecule has 1 N–H and O–H groups in total. The molecule has 0 fully saturated rings. The zero-order chi connectivity index (χ0) is 22.6. The van der Waals surface area contributed by atoms with E-state index in [1.54, 1.807) is 30.9 Å². The van der Waals surface area contributed by atoms with Crippen LogP contribution in [0.15, 0.2) is 53.3 Å². The average molecular weight is 430 g/mol. The molecule has 0 unspecified atom stereocenters. The fourth-order valence-corrected chi connectivity index (χ4v) is 4.38. The first-order valence-electron chi connectivity index (χ1n) is 10.6. The summed E-state index contributed by atoms with van der Waals surface area (Å²) in [7, 11) is 0. The van der Waals surface area contributed by atoms with Crippen LogP contribution in [-0.2, 0) is 13.0 Å². The Morgan fingerprint density at radius 1 is 0.969 bits per heavy atom. The van der Waals surface area contributed by atoms with Crippen LogP contribution in [0, 0.1) is 0 Å². The van der Waals surface area contributed by atoms with E-state index in [4.69, 9.17) is 0 Å². The van der Waals surface area contributed by atoms with Gasteiger partial charge >= 0.3 is 0 Å². The van der Waals surface area contributed by atoms with Crippen molar-refractivity contribution in [2.24, 2.45) is 0 Å². The number of rotatable bonds is 3. The first-order valence-corrected chi connectivity index (χ1v) is 10.6. The standard InChI is InChI=1S/C24H22N4O4/c1-14(2)27-22(30)17-9-8-15(12-18(17)23(27)31)21(29)26-11-10-20-19(13-26)24(32)28(25-20)16-6-4-3-5-7-16/h3-9,12,14,25H,10-11,13H2,1-2H3. The molecular formula is C24H22N4O4. The Kier molecular flexibility index (Phi) is 4.58. The first-order chi connectivity index (χ1) is 15.4.